The Morgan fingerprint density at radius 3 is 1.29 bits per heavy atom. The van der Waals surface area contributed by atoms with Crippen molar-refractivity contribution >= 4 is 15.4 Å². The van der Waals surface area contributed by atoms with Crippen LogP contribution in [-0.2, 0) is 21.3 Å². The zero-order valence-electron chi connectivity index (χ0n) is 22.3. The second kappa shape index (κ2) is 11.8. The number of rotatable bonds is 4. The predicted octanol–water partition coefficient (Wildman–Crippen LogP) is 2.81. The van der Waals surface area contributed by atoms with Gasteiger partial charge in [0.15, 0.2) is 0 Å². The van der Waals surface area contributed by atoms with E-state index in [0.29, 0.717) is 7.25 Å². The third kappa shape index (κ3) is 4.90. The molecule has 0 spiro atoms. The molecule has 0 fully saturated rings. The summed E-state index contributed by atoms with van der Waals surface area (Å²) in [5, 5.41) is 0. The summed E-state index contributed by atoms with van der Waals surface area (Å²) < 4.78 is 2.66. The number of allylic oxidation sites excluding steroid dienone is 2. The van der Waals surface area contributed by atoms with Gasteiger partial charge in [-0.2, -0.15) is 0 Å². The molecule has 0 heterocycles. The number of hydrogen-bond acceptors (Lipinski definition) is 0. The summed E-state index contributed by atoms with van der Waals surface area (Å²) in [5.41, 5.74) is 14.7. The van der Waals surface area contributed by atoms with Crippen molar-refractivity contribution < 1.29 is 46.1 Å². The van der Waals surface area contributed by atoms with E-state index in [0.717, 1.165) is 0 Å². The van der Waals surface area contributed by atoms with Crippen LogP contribution in [0.2, 0.25) is 0 Å². The van der Waals surface area contributed by atoms with Crippen LogP contribution in [0.5, 0.6) is 0 Å². The molecule has 0 N–H and O–H groups in total. The topological polar surface area (TPSA) is 0 Å². The van der Waals surface area contributed by atoms with Crippen LogP contribution >= 0.6 is 0 Å². The Labute approximate surface area is 247 Å². The zero-order valence-corrected chi connectivity index (χ0v) is 26.3. The van der Waals surface area contributed by atoms with Gasteiger partial charge in [-0.1, -0.05) is 0 Å². The number of benzene rings is 4. The minimum absolute atomic E-state index is 0. The van der Waals surface area contributed by atoms with E-state index < -0.39 is 21.3 Å². The molecule has 2 atom stereocenters. The van der Waals surface area contributed by atoms with E-state index in [1.54, 1.807) is 25.5 Å². The van der Waals surface area contributed by atoms with Crippen LogP contribution in [0.4, 0.5) is 0 Å². The summed E-state index contributed by atoms with van der Waals surface area (Å²) in [6.45, 7) is 9.33. The molecule has 3 heteroatoms. The van der Waals surface area contributed by atoms with Crippen molar-refractivity contribution in [2.24, 2.45) is 0 Å². The molecule has 0 amide bonds. The molecule has 0 radical (unpaired) electrons. The Morgan fingerprint density at radius 2 is 0.895 bits per heavy atom. The molecule has 2 aliphatic carbocycles. The molecule has 4 aromatic carbocycles. The molecule has 2 aliphatic rings. The molecule has 2 unspecified atom stereocenters. The quantitative estimate of drug-likeness (QED) is 0.332. The van der Waals surface area contributed by atoms with Crippen molar-refractivity contribution in [1.29, 1.82) is 0 Å². The van der Waals surface area contributed by atoms with Gasteiger partial charge in [0.25, 0.3) is 0 Å². The van der Waals surface area contributed by atoms with E-state index in [1.807, 2.05) is 0 Å². The average molecular weight is 615 g/mol. The summed E-state index contributed by atoms with van der Waals surface area (Å²) in [7, 11) is 0. The van der Waals surface area contributed by atoms with Crippen molar-refractivity contribution in [3.05, 3.63) is 153 Å². The van der Waals surface area contributed by atoms with Crippen LogP contribution in [0.3, 0.4) is 0 Å². The van der Waals surface area contributed by atoms with Gasteiger partial charge in [-0.25, -0.2) is 0 Å². The molecular formula is C35H32Cl2Zr. The first kappa shape index (κ1) is 28.7. The molecule has 0 bridgehead atoms. The third-order valence-corrected chi connectivity index (χ3v) is 17.7. The van der Waals surface area contributed by atoms with Gasteiger partial charge >= 0.3 is 224 Å². The van der Waals surface area contributed by atoms with Crippen molar-refractivity contribution in [1.82, 2.24) is 0 Å². The molecular weight excluding hydrogens is 583 g/mol. The number of hydrogen-bond donors (Lipinski definition) is 0. The maximum absolute atomic E-state index is 2.60. The van der Waals surface area contributed by atoms with Crippen LogP contribution in [0.15, 0.2) is 108 Å². The Bertz CT molecular complexity index is 1450. The molecule has 190 valence electrons. The van der Waals surface area contributed by atoms with Crippen LogP contribution in [0.25, 0.3) is 12.2 Å². The normalized spacial score (nSPS) is 16.6. The van der Waals surface area contributed by atoms with Gasteiger partial charge in [0.1, 0.15) is 0 Å². The monoisotopic (exact) mass is 612 g/mol. The predicted molar refractivity (Wildman–Crippen MR) is 151 cm³/mol. The Kier molecular flexibility index (Phi) is 8.94. The molecule has 38 heavy (non-hydrogen) atoms. The van der Waals surface area contributed by atoms with Gasteiger partial charge in [-0.15, -0.1) is 0 Å². The van der Waals surface area contributed by atoms with Gasteiger partial charge in [0.2, 0.25) is 0 Å². The fourth-order valence-electron chi connectivity index (χ4n) is 6.41. The molecule has 0 aliphatic heterocycles. The fraction of sp³-hybridized carbons (Fsp3) is 0.171. The fourth-order valence-corrected chi connectivity index (χ4v) is 16.8. The van der Waals surface area contributed by atoms with Gasteiger partial charge in [0.05, 0.1) is 0 Å². The van der Waals surface area contributed by atoms with E-state index in [4.69, 9.17) is 0 Å². The largest absolute Gasteiger partial charge is 1.00 e. The Balaban J connectivity index is 0.00000168. The molecule has 0 saturated heterocycles. The first-order valence-electron chi connectivity index (χ1n) is 12.9. The Morgan fingerprint density at radius 1 is 0.500 bits per heavy atom. The van der Waals surface area contributed by atoms with E-state index >= 15 is 0 Å². The number of aryl methyl sites for hydroxylation is 2. The van der Waals surface area contributed by atoms with Crippen molar-refractivity contribution in [3.8, 4) is 0 Å². The van der Waals surface area contributed by atoms with Gasteiger partial charge in [0, 0.05) is 0 Å². The number of fused-ring (bicyclic) bond motifs is 2. The van der Waals surface area contributed by atoms with Crippen LogP contribution in [0, 0.1) is 13.8 Å². The van der Waals surface area contributed by atoms with Crippen LogP contribution in [-0.4, -0.2) is 3.21 Å². The second-order valence-corrected chi connectivity index (χ2v) is 16.7. The zero-order chi connectivity index (χ0) is 24.8. The Hall–Kier alpha value is -2.31. The van der Waals surface area contributed by atoms with Gasteiger partial charge < -0.3 is 24.8 Å². The van der Waals surface area contributed by atoms with Gasteiger partial charge in [-0.3, -0.25) is 0 Å². The molecule has 4 aromatic rings. The summed E-state index contributed by atoms with van der Waals surface area (Å²) in [5.74, 6) is 0. The van der Waals surface area contributed by atoms with Crippen LogP contribution < -0.4 is 24.8 Å². The maximum atomic E-state index is 2.49. The summed E-state index contributed by atoms with van der Waals surface area (Å²) in [6.07, 6.45) is 4.99. The number of halogens is 2. The van der Waals surface area contributed by atoms with E-state index in [2.05, 4.69) is 137 Å². The SMILES string of the molecule is CC1=Cc2c(C)cccc2[CH]1[Zr+2](=[C](c1ccccc1)c1ccccc1)[CH]1C(C)=Cc2c(C)cccc21.[Cl-].[Cl-]. The standard InChI is InChI=1S/C13H10.2C11H11.2ClH.Zr/c1-3-7-12(8-4-1)11-13-9-5-2-6-10-13;2*1-8-6-10-5-3-4-9(2)11(10)7-8;;;/h1-10H;2*3-7H,1-2H3;2*1H;/q;;;;;+2/p-2. The maximum Gasteiger partial charge on any atom is -1.00 e. The summed E-state index contributed by atoms with van der Waals surface area (Å²) in [6, 6.07) is 36.4. The summed E-state index contributed by atoms with van der Waals surface area (Å²) in [4.78, 5) is 0. The molecule has 6 rings (SSSR count). The van der Waals surface area contributed by atoms with Crippen molar-refractivity contribution in [2.45, 2.75) is 34.9 Å². The smallest absolute Gasteiger partial charge is 1.00 e. The van der Waals surface area contributed by atoms with Crippen LogP contribution in [0.1, 0.15) is 65.6 Å². The van der Waals surface area contributed by atoms with E-state index in [-0.39, 0.29) is 24.8 Å². The molecule has 0 nitrogen and oxygen atoms in total. The van der Waals surface area contributed by atoms with Crippen molar-refractivity contribution in [2.75, 3.05) is 0 Å². The third-order valence-electron chi connectivity index (χ3n) is 8.03. The van der Waals surface area contributed by atoms with Gasteiger partial charge in [-0.05, 0) is 0 Å². The average Bonchev–Trinajstić information content (AvgIpc) is 3.41. The minimum atomic E-state index is -2.60. The van der Waals surface area contributed by atoms with E-state index in [1.165, 1.54) is 33.4 Å². The van der Waals surface area contributed by atoms with E-state index in [9.17, 15) is 0 Å². The summed E-state index contributed by atoms with van der Waals surface area (Å²) >= 11 is -2.60. The first-order chi connectivity index (χ1) is 17.5. The van der Waals surface area contributed by atoms with Crippen molar-refractivity contribution in [3.63, 3.8) is 0 Å². The first-order valence-corrected chi connectivity index (χ1v) is 17.0. The molecule has 0 aromatic heterocycles. The minimum Gasteiger partial charge on any atom is -1.00 e. The molecule has 0 saturated carbocycles. The second-order valence-electron chi connectivity index (χ2n) is 10.4.